The second kappa shape index (κ2) is 6.54. The number of oxime groups is 1. The molecule has 0 aromatic rings. The minimum atomic E-state index is -0.0579. The summed E-state index contributed by atoms with van der Waals surface area (Å²) in [6.07, 6.45) is 1.76. The van der Waals surface area contributed by atoms with Crippen molar-refractivity contribution >= 4 is 5.96 Å². The van der Waals surface area contributed by atoms with Crippen molar-refractivity contribution in [2.75, 3.05) is 6.61 Å². The van der Waals surface area contributed by atoms with Gasteiger partial charge in [0.15, 0.2) is 0 Å². The van der Waals surface area contributed by atoms with Crippen LogP contribution in [-0.4, -0.2) is 18.6 Å². The van der Waals surface area contributed by atoms with Crippen LogP contribution >= 0.6 is 0 Å². The van der Waals surface area contributed by atoms with Crippen molar-refractivity contribution in [2.24, 2.45) is 28.3 Å². The number of nitrogens with zero attached hydrogens (tertiary/aromatic N) is 1. The predicted octanol–water partition coefficient (Wildman–Crippen LogP) is -0.0451. The van der Waals surface area contributed by atoms with E-state index in [2.05, 4.69) is 19.0 Å². The lowest BCUT2D eigenvalue weighted by atomic mass is 10.0. The first-order valence-electron chi connectivity index (χ1n) is 4.48. The van der Waals surface area contributed by atoms with Gasteiger partial charge < -0.3 is 22.0 Å². The fourth-order valence-electron chi connectivity index (χ4n) is 1.05. The molecule has 0 radical (unpaired) electrons. The molecule has 0 amide bonds. The zero-order chi connectivity index (χ0) is 10.3. The van der Waals surface area contributed by atoms with Gasteiger partial charge in [0.05, 0.1) is 0 Å². The Bertz CT molecular complexity index is 154. The molecule has 5 heteroatoms. The molecule has 0 aromatic heterocycles. The third-order valence-corrected chi connectivity index (χ3v) is 1.52. The number of guanidine groups is 1. The Kier molecular flexibility index (Phi) is 6.05. The molecule has 13 heavy (non-hydrogen) atoms. The average Bonchev–Trinajstić information content (AvgIpc) is 1.96. The number of rotatable bonds is 6. The van der Waals surface area contributed by atoms with Gasteiger partial charge in [0.2, 0.25) is 5.96 Å². The van der Waals surface area contributed by atoms with Crippen molar-refractivity contribution in [1.29, 1.82) is 0 Å². The van der Waals surface area contributed by atoms with Crippen molar-refractivity contribution in [3.63, 3.8) is 0 Å². The maximum atomic E-state index is 5.80. The van der Waals surface area contributed by atoms with Crippen molar-refractivity contribution in [1.82, 2.24) is 0 Å². The predicted molar refractivity (Wildman–Crippen MR) is 53.8 cm³/mol. The Morgan fingerprint density at radius 1 is 1.38 bits per heavy atom. The van der Waals surface area contributed by atoms with Crippen molar-refractivity contribution in [2.45, 2.75) is 32.7 Å². The molecular formula is C8H20N4O. The maximum Gasteiger partial charge on any atom is 0.228 e. The summed E-state index contributed by atoms with van der Waals surface area (Å²) in [6, 6.07) is 0.161. The third kappa shape index (κ3) is 8.94. The summed E-state index contributed by atoms with van der Waals surface area (Å²) >= 11 is 0. The molecule has 0 spiro atoms. The number of hydrogen-bond acceptors (Lipinski definition) is 3. The molecule has 5 nitrogen and oxygen atoms in total. The molecule has 0 rings (SSSR count). The highest BCUT2D eigenvalue weighted by molar-refractivity contribution is 5.74. The van der Waals surface area contributed by atoms with E-state index in [4.69, 9.17) is 22.0 Å². The SMILES string of the molecule is CC(C)C[C@@H](N)CCON=C(N)N. The van der Waals surface area contributed by atoms with Crippen LogP contribution in [0.4, 0.5) is 0 Å². The summed E-state index contributed by atoms with van der Waals surface area (Å²) in [6.45, 7) is 4.74. The van der Waals surface area contributed by atoms with E-state index in [9.17, 15) is 0 Å². The summed E-state index contributed by atoms with van der Waals surface area (Å²) < 4.78 is 0. The van der Waals surface area contributed by atoms with E-state index < -0.39 is 0 Å². The first-order valence-corrected chi connectivity index (χ1v) is 4.48. The fraction of sp³-hybridized carbons (Fsp3) is 0.875. The highest BCUT2D eigenvalue weighted by Gasteiger charge is 2.04. The Balaban J connectivity index is 3.37. The Morgan fingerprint density at radius 2 is 2.00 bits per heavy atom. The van der Waals surface area contributed by atoms with E-state index in [1.54, 1.807) is 0 Å². The Morgan fingerprint density at radius 3 is 2.46 bits per heavy atom. The molecule has 6 N–H and O–H groups in total. The molecule has 0 saturated carbocycles. The summed E-state index contributed by atoms with van der Waals surface area (Å²) in [7, 11) is 0. The number of hydrogen-bond donors (Lipinski definition) is 3. The normalized spacial score (nSPS) is 12.6. The third-order valence-electron chi connectivity index (χ3n) is 1.52. The minimum absolute atomic E-state index is 0.0579. The van der Waals surface area contributed by atoms with E-state index in [0.717, 1.165) is 12.8 Å². The Labute approximate surface area is 79.3 Å². The van der Waals surface area contributed by atoms with Crippen LogP contribution in [0.15, 0.2) is 5.16 Å². The first-order chi connectivity index (χ1) is 6.02. The summed E-state index contributed by atoms with van der Waals surface area (Å²) in [5, 5.41) is 3.39. The molecular weight excluding hydrogens is 168 g/mol. The van der Waals surface area contributed by atoms with E-state index in [0.29, 0.717) is 12.5 Å². The second-order valence-electron chi connectivity index (χ2n) is 3.53. The van der Waals surface area contributed by atoms with Crippen LogP contribution in [0.2, 0.25) is 0 Å². The largest absolute Gasteiger partial charge is 0.393 e. The minimum Gasteiger partial charge on any atom is -0.393 e. The molecule has 0 heterocycles. The fourth-order valence-corrected chi connectivity index (χ4v) is 1.05. The van der Waals surface area contributed by atoms with Gasteiger partial charge in [-0.1, -0.05) is 13.8 Å². The smallest absolute Gasteiger partial charge is 0.228 e. The van der Waals surface area contributed by atoms with E-state index in [-0.39, 0.29) is 12.0 Å². The van der Waals surface area contributed by atoms with Crippen LogP contribution in [0.1, 0.15) is 26.7 Å². The Hall–Kier alpha value is -0.970. The van der Waals surface area contributed by atoms with Crippen LogP contribution in [0.5, 0.6) is 0 Å². The highest BCUT2D eigenvalue weighted by Crippen LogP contribution is 2.05. The molecule has 0 aliphatic heterocycles. The standard InChI is InChI=1S/C8H20N4O/c1-6(2)5-7(9)3-4-13-12-8(10)11/h6-7H,3-5,9H2,1-2H3,(H4,10,11,12)/t7-/m0/s1. The molecule has 0 bridgehead atoms. The molecule has 0 fully saturated rings. The van der Waals surface area contributed by atoms with Gasteiger partial charge in [-0.2, -0.15) is 0 Å². The van der Waals surface area contributed by atoms with Gasteiger partial charge in [0, 0.05) is 6.04 Å². The monoisotopic (exact) mass is 188 g/mol. The van der Waals surface area contributed by atoms with Crippen LogP contribution < -0.4 is 17.2 Å². The van der Waals surface area contributed by atoms with Crippen LogP contribution in [0.3, 0.4) is 0 Å². The first kappa shape index (κ1) is 12.0. The van der Waals surface area contributed by atoms with Crippen molar-refractivity contribution in [3.8, 4) is 0 Å². The molecule has 78 valence electrons. The summed E-state index contributed by atoms with van der Waals surface area (Å²) in [4.78, 5) is 4.81. The molecule has 0 aliphatic carbocycles. The summed E-state index contributed by atoms with van der Waals surface area (Å²) in [5.41, 5.74) is 15.9. The lowest BCUT2D eigenvalue weighted by Crippen LogP contribution is -2.25. The van der Waals surface area contributed by atoms with Gasteiger partial charge in [-0.3, -0.25) is 0 Å². The van der Waals surface area contributed by atoms with E-state index in [1.165, 1.54) is 0 Å². The van der Waals surface area contributed by atoms with Gasteiger partial charge in [-0.25, -0.2) is 0 Å². The molecule has 0 unspecified atom stereocenters. The van der Waals surface area contributed by atoms with Gasteiger partial charge in [0.25, 0.3) is 0 Å². The quantitative estimate of drug-likeness (QED) is 0.235. The van der Waals surface area contributed by atoms with Crippen molar-refractivity contribution < 1.29 is 4.84 Å². The summed E-state index contributed by atoms with van der Waals surface area (Å²) in [5.74, 6) is 0.551. The molecule has 0 aliphatic rings. The van der Waals surface area contributed by atoms with Crippen LogP contribution in [0.25, 0.3) is 0 Å². The maximum absolute atomic E-state index is 5.80. The average molecular weight is 188 g/mol. The number of nitrogens with two attached hydrogens (primary N) is 3. The van der Waals surface area contributed by atoms with Crippen LogP contribution in [0, 0.1) is 5.92 Å². The zero-order valence-corrected chi connectivity index (χ0v) is 8.36. The lowest BCUT2D eigenvalue weighted by molar-refractivity contribution is 0.134. The second-order valence-corrected chi connectivity index (χ2v) is 3.53. The van der Waals surface area contributed by atoms with Crippen molar-refractivity contribution in [3.05, 3.63) is 0 Å². The van der Waals surface area contributed by atoms with Gasteiger partial charge in [0.1, 0.15) is 6.61 Å². The lowest BCUT2D eigenvalue weighted by Gasteiger charge is -2.12. The molecule has 0 aromatic carbocycles. The van der Waals surface area contributed by atoms with E-state index >= 15 is 0 Å². The topological polar surface area (TPSA) is 99.6 Å². The van der Waals surface area contributed by atoms with Gasteiger partial charge in [-0.15, -0.1) is 0 Å². The highest BCUT2D eigenvalue weighted by atomic mass is 16.6. The van der Waals surface area contributed by atoms with Crippen LogP contribution in [-0.2, 0) is 4.84 Å². The molecule has 1 atom stereocenters. The molecule has 0 saturated heterocycles. The van der Waals surface area contributed by atoms with E-state index in [1.807, 2.05) is 0 Å². The van der Waals surface area contributed by atoms with Gasteiger partial charge in [-0.05, 0) is 23.9 Å². The van der Waals surface area contributed by atoms with Gasteiger partial charge >= 0.3 is 0 Å². The zero-order valence-electron chi connectivity index (χ0n) is 8.36.